The summed E-state index contributed by atoms with van der Waals surface area (Å²) in [5.41, 5.74) is 6.54. The smallest absolute Gasteiger partial charge is 0.227 e. The molecule has 0 atom stereocenters. The molecule has 0 radical (unpaired) electrons. The Bertz CT molecular complexity index is 322. The van der Waals surface area contributed by atoms with Gasteiger partial charge < -0.3 is 11.1 Å². The number of benzene rings is 1. The first-order valence-corrected chi connectivity index (χ1v) is 4.74. The van der Waals surface area contributed by atoms with Crippen molar-refractivity contribution in [2.24, 2.45) is 5.73 Å². The van der Waals surface area contributed by atoms with E-state index in [1.54, 1.807) is 0 Å². The molecule has 0 bridgehead atoms. The SMILES string of the molecule is NCc1ccccc1.O=C1CNC(=O)C1. The van der Waals surface area contributed by atoms with Crippen LogP contribution in [0.1, 0.15) is 12.0 Å². The third-order valence-corrected chi connectivity index (χ3v) is 1.92. The second-order valence-corrected chi connectivity index (χ2v) is 3.18. The summed E-state index contributed by atoms with van der Waals surface area (Å²) in [7, 11) is 0. The number of hydrogen-bond donors (Lipinski definition) is 2. The number of carbonyl (C=O) groups excluding carboxylic acids is 2. The topological polar surface area (TPSA) is 72.2 Å². The van der Waals surface area contributed by atoms with Crippen LogP contribution in [0.15, 0.2) is 30.3 Å². The van der Waals surface area contributed by atoms with Crippen LogP contribution < -0.4 is 11.1 Å². The van der Waals surface area contributed by atoms with E-state index in [0.717, 1.165) is 0 Å². The Labute approximate surface area is 88.5 Å². The quantitative estimate of drug-likeness (QED) is 0.646. The van der Waals surface area contributed by atoms with E-state index >= 15 is 0 Å². The number of nitrogens with one attached hydrogen (secondary N) is 1. The lowest BCUT2D eigenvalue weighted by atomic mass is 10.2. The monoisotopic (exact) mass is 206 g/mol. The highest BCUT2D eigenvalue weighted by atomic mass is 16.2. The molecule has 3 N–H and O–H groups in total. The minimum absolute atomic E-state index is 0.00926. The van der Waals surface area contributed by atoms with E-state index in [0.29, 0.717) is 6.54 Å². The lowest BCUT2D eigenvalue weighted by molar-refractivity contribution is -0.122. The Morgan fingerprint density at radius 1 is 1.20 bits per heavy atom. The van der Waals surface area contributed by atoms with Gasteiger partial charge in [0.2, 0.25) is 5.91 Å². The van der Waals surface area contributed by atoms with Gasteiger partial charge in [0.05, 0.1) is 13.0 Å². The van der Waals surface area contributed by atoms with Gasteiger partial charge >= 0.3 is 0 Å². The summed E-state index contributed by atoms with van der Waals surface area (Å²) >= 11 is 0. The second kappa shape index (κ2) is 5.93. The molecule has 0 spiro atoms. The summed E-state index contributed by atoms with van der Waals surface area (Å²) in [6.45, 7) is 0.875. The first kappa shape index (κ1) is 11.4. The van der Waals surface area contributed by atoms with Crippen LogP contribution >= 0.6 is 0 Å². The fraction of sp³-hybridized carbons (Fsp3) is 0.273. The maximum Gasteiger partial charge on any atom is 0.227 e. The predicted molar refractivity (Wildman–Crippen MR) is 57.0 cm³/mol. The Hall–Kier alpha value is -1.68. The zero-order chi connectivity index (χ0) is 11.1. The van der Waals surface area contributed by atoms with E-state index in [-0.39, 0.29) is 24.7 Å². The molecule has 0 saturated carbocycles. The molecule has 0 unspecified atom stereocenters. The number of hydrogen-bond acceptors (Lipinski definition) is 3. The third kappa shape index (κ3) is 4.37. The average molecular weight is 206 g/mol. The zero-order valence-corrected chi connectivity index (χ0v) is 8.40. The van der Waals surface area contributed by atoms with Crippen molar-refractivity contribution in [3.8, 4) is 0 Å². The molecule has 80 valence electrons. The number of Topliss-reactive ketones (excluding diaryl/α,β-unsaturated/α-hetero) is 1. The zero-order valence-electron chi connectivity index (χ0n) is 8.40. The normalized spacial score (nSPS) is 14.2. The molecule has 2 rings (SSSR count). The van der Waals surface area contributed by atoms with Gasteiger partial charge in [0.1, 0.15) is 0 Å². The predicted octanol–water partition coefficient (Wildman–Crippen LogP) is 0.221. The molecule has 1 amide bonds. The maximum atomic E-state index is 10.2. The van der Waals surface area contributed by atoms with Crippen LogP contribution in [0.25, 0.3) is 0 Å². The summed E-state index contributed by atoms with van der Waals surface area (Å²) in [4.78, 5) is 20.3. The molecule has 0 aliphatic carbocycles. The fourth-order valence-corrected chi connectivity index (χ4v) is 1.12. The molecule has 1 heterocycles. The third-order valence-electron chi connectivity index (χ3n) is 1.92. The molecule has 1 aliphatic rings. The number of amides is 1. The van der Waals surface area contributed by atoms with Gasteiger partial charge in [-0.1, -0.05) is 30.3 Å². The number of carbonyl (C=O) groups is 2. The minimum Gasteiger partial charge on any atom is -0.349 e. The van der Waals surface area contributed by atoms with Crippen molar-refractivity contribution in [3.05, 3.63) is 35.9 Å². The van der Waals surface area contributed by atoms with Crippen molar-refractivity contribution in [2.45, 2.75) is 13.0 Å². The van der Waals surface area contributed by atoms with Crippen molar-refractivity contribution in [2.75, 3.05) is 6.54 Å². The standard InChI is InChI=1S/C7H9N.C4H5NO2/c8-6-7-4-2-1-3-5-7;6-3-1-4(7)5-2-3/h1-5H,6,8H2;1-2H2,(H,5,7). The summed E-state index contributed by atoms with van der Waals surface area (Å²) in [6, 6.07) is 9.99. The van der Waals surface area contributed by atoms with Crippen LogP contribution in [0.2, 0.25) is 0 Å². The van der Waals surface area contributed by atoms with Crippen LogP contribution in [-0.4, -0.2) is 18.2 Å². The van der Waals surface area contributed by atoms with Crippen LogP contribution in [0.3, 0.4) is 0 Å². The van der Waals surface area contributed by atoms with E-state index in [1.165, 1.54) is 5.56 Å². The lowest BCUT2D eigenvalue weighted by Crippen LogP contribution is -2.13. The van der Waals surface area contributed by atoms with Crippen molar-refractivity contribution in [3.63, 3.8) is 0 Å². The lowest BCUT2D eigenvalue weighted by Gasteiger charge is -1.90. The Morgan fingerprint density at radius 3 is 2.13 bits per heavy atom. The van der Waals surface area contributed by atoms with Crippen molar-refractivity contribution < 1.29 is 9.59 Å². The molecule has 1 aliphatic heterocycles. The van der Waals surface area contributed by atoms with Crippen molar-refractivity contribution in [1.82, 2.24) is 5.32 Å². The van der Waals surface area contributed by atoms with Gasteiger partial charge in [0.25, 0.3) is 0 Å². The molecular formula is C11H14N2O2. The molecule has 4 heteroatoms. The van der Waals surface area contributed by atoms with Crippen molar-refractivity contribution in [1.29, 1.82) is 0 Å². The van der Waals surface area contributed by atoms with Gasteiger partial charge in [-0.25, -0.2) is 0 Å². The van der Waals surface area contributed by atoms with E-state index in [1.807, 2.05) is 30.3 Å². The maximum absolute atomic E-state index is 10.2. The molecule has 1 fully saturated rings. The van der Waals surface area contributed by atoms with Crippen LogP contribution in [0.5, 0.6) is 0 Å². The van der Waals surface area contributed by atoms with Crippen LogP contribution in [0.4, 0.5) is 0 Å². The van der Waals surface area contributed by atoms with Crippen LogP contribution in [-0.2, 0) is 16.1 Å². The van der Waals surface area contributed by atoms with Gasteiger partial charge in [-0.2, -0.15) is 0 Å². The fourth-order valence-electron chi connectivity index (χ4n) is 1.12. The Balaban J connectivity index is 0.000000151. The van der Waals surface area contributed by atoms with Crippen molar-refractivity contribution >= 4 is 11.7 Å². The summed E-state index contributed by atoms with van der Waals surface area (Å²) < 4.78 is 0. The highest BCUT2D eigenvalue weighted by molar-refractivity contribution is 6.05. The van der Waals surface area contributed by atoms with E-state index in [9.17, 15) is 9.59 Å². The molecule has 0 aromatic heterocycles. The largest absolute Gasteiger partial charge is 0.349 e. The van der Waals surface area contributed by atoms with E-state index < -0.39 is 0 Å². The molecule has 1 saturated heterocycles. The van der Waals surface area contributed by atoms with Gasteiger partial charge in [0, 0.05) is 6.54 Å². The summed E-state index contributed by atoms with van der Waals surface area (Å²) in [6.07, 6.45) is 0.0833. The van der Waals surface area contributed by atoms with Gasteiger partial charge in [-0.3, -0.25) is 9.59 Å². The molecular weight excluding hydrogens is 192 g/mol. The number of ketones is 1. The first-order valence-electron chi connectivity index (χ1n) is 4.74. The number of nitrogens with two attached hydrogens (primary N) is 1. The second-order valence-electron chi connectivity index (χ2n) is 3.18. The van der Waals surface area contributed by atoms with Gasteiger partial charge in [-0.15, -0.1) is 0 Å². The first-order chi connectivity index (χ1) is 7.22. The summed E-state index contributed by atoms with van der Waals surface area (Å²) in [5, 5.41) is 2.38. The Kier molecular flexibility index (Phi) is 4.50. The Morgan fingerprint density at radius 2 is 1.87 bits per heavy atom. The molecule has 15 heavy (non-hydrogen) atoms. The molecule has 1 aromatic rings. The highest BCUT2D eigenvalue weighted by Gasteiger charge is 2.16. The molecule has 1 aromatic carbocycles. The van der Waals surface area contributed by atoms with Gasteiger partial charge in [-0.05, 0) is 5.56 Å². The average Bonchev–Trinajstić information content (AvgIpc) is 2.65. The van der Waals surface area contributed by atoms with E-state index in [4.69, 9.17) is 5.73 Å². The van der Waals surface area contributed by atoms with Gasteiger partial charge in [0.15, 0.2) is 5.78 Å². The minimum atomic E-state index is -0.148. The number of rotatable bonds is 1. The van der Waals surface area contributed by atoms with Crippen LogP contribution in [0, 0.1) is 0 Å². The highest BCUT2D eigenvalue weighted by Crippen LogP contribution is 1.94. The molecule has 4 nitrogen and oxygen atoms in total. The summed E-state index contributed by atoms with van der Waals surface area (Å²) in [5.74, 6) is -0.157. The van der Waals surface area contributed by atoms with E-state index in [2.05, 4.69) is 5.32 Å².